The lowest BCUT2D eigenvalue weighted by Gasteiger charge is -2.28. The highest BCUT2D eigenvalue weighted by Gasteiger charge is 2.10. The molecule has 27 heavy (non-hydrogen) atoms. The minimum atomic E-state index is -0.0453. The van der Waals surface area contributed by atoms with Crippen molar-refractivity contribution in [1.82, 2.24) is 5.32 Å². The molecule has 0 aliphatic carbocycles. The van der Waals surface area contributed by atoms with Crippen LogP contribution in [0.15, 0.2) is 48.5 Å². The number of carbonyl (C=O) groups excluding carboxylic acids is 1. The topological polar surface area (TPSA) is 41.6 Å². The molecule has 1 heterocycles. The van der Waals surface area contributed by atoms with E-state index < -0.39 is 0 Å². The van der Waals surface area contributed by atoms with E-state index >= 15 is 0 Å². The number of carbonyl (C=O) groups is 1. The first-order valence-corrected chi connectivity index (χ1v) is 10.0. The molecule has 1 amide bonds. The van der Waals surface area contributed by atoms with Crippen LogP contribution in [0.2, 0.25) is 0 Å². The number of amides is 1. The Kier molecular flexibility index (Phi) is 6.74. The first-order valence-electron chi connectivity index (χ1n) is 10.0. The Balaban J connectivity index is 1.45. The third kappa shape index (κ3) is 5.75. The number of piperidine rings is 1. The van der Waals surface area contributed by atoms with Gasteiger partial charge >= 0.3 is 0 Å². The summed E-state index contributed by atoms with van der Waals surface area (Å²) in [6.07, 6.45) is 4.89. The molecule has 1 fully saturated rings. The van der Waals surface area contributed by atoms with Gasteiger partial charge in [0.25, 0.3) is 5.91 Å². The molecule has 4 nitrogen and oxygen atoms in total. The predicted molar refractivity (Wildman–Crippen MR) is 111 cm³/mol. The molecule has 2 aromatic rings. The van der Waals surface area contributed by atoms with Crippen molar-refractivity contribution in [3.05, 3.63) is 59.7 Å². The van der Waals surface area contributed by atoms with Crippen LogP contribution < -0.4 is 15.0 Å². The summed E-state index contributed by atoms with van der Waals surface area (Å²) in [4.78, 5) is 14.7. The number of hydrogen-bond donors (Lipinski definition) is 1. The van der Waals surface area contributed by atoms with Crippen molar-refractivity contribution in [1.29, 1.82) is 0 Å². The summed E-state index contributed by atoms with van der Waals surface area (Å²) in [7, 11) is 0. The Morgan fingerprint density at radius 1 is 1.00 bits per heavy atom. The van der Waals surface area contributed by atoms with Gasteiger partial charge in [-0.05, 0) is 81.5 Å². The highest BCUT2D eigenvalue weighted by molar-refractivity contribution is 5.94. The Morgan fingerprint density at radius 2 is 1.67 bits per heavy atom. The second-order valence-electron chi connectivity index (χ2n) is 7.41. The van der Waals surface area contributed by atoms with Crippen LogP contribution in [0, 0.1) is 0 Å². The second kappa shape index (κ2) is 9.45. The van der Waals surface area contributed by atoms with Crippen LogP contribution in [-0.2, 0) is 6.42 Å². The van der Waals surface area contributed by atoms with E-state index in [0.29, 0.717) is 12.1 Å². The normalized spacial score (nSPS) is 14.3. The summed E-state index contributed by atoms with van der Waals surface area (Å²) >= 11 is 0. The van der Waals surface area contributed by atoms with Crippen LogP contribution in [0.3, 0.4) is 0 Å². The van der Waals surface area contributed by atoms with E-state index in [1.54, 1.807) is 12.1 Å². The van der Waals surface area contributed by atoms with Gasteiger partial charge in [-0.1, -0.05) is 12.1 Å². The summed E-state index contributed by atoms with van der Waals surface area (Å²) in [5, 5.41) is 3.00. The molecular weight excluding hydrogens is 336 g/mol. The highest BCUT2D eigenvalue weighted by atomic mass is 16.5. The van der Waals surface area contributed by atoms with E-state index in [4.69, 9.17) is 4.74 Å². The van der Waals surface area contributed by atoms with E-state index in [1.807, 2.05) is 26.0 Å². The number of rotatable bonds is 7. The van der Waals surface area contributed by atoms with Crippen molar-refractivity contribution >= 4 is 11.6 Å². The first kappa shape index (κ1) is 19.3. The molecule has 1 aliphatic heterocycles. The lowest BCUT2D eigenvalue weighted by molar-refractivity contribution is 0.0954. The maximum atomic E-state index is 12.3. The Bertz CT molecular complexity index is 717. The molecule has 144 valence electrons. The molecule has 1 aliphatic rings. The van der Waals surface area contributed by atoms with E-state index in [1.165, 1.54) is 30.5 Å². The van der Waals surface area contributed by atoms with Crippen molar-refractivity contribution in [2.45, 2.75) is 45.6 Å². The summed E-state index contributed by atoms with van der Waals surface area (Å²) in [6, 6.07) is 16.1. The lowest BCUT2D eigenvalue weighted by atomic mass is 10.1. The Hall–Kier alpha value is -2.49. The van der Waals surface area contributed by atoms with E-state index in [9.17, 15) is 4.79 Å². The monoisotopic (exact) mass is 366 g/mol. The van der Waals surface area contributed by atoms with Crippen LogP contribution in [-0.4, -0.2) is 31.6 Å². The van der Waals surface area contributed by atoms with Gasteiger partial charge in [0.15, 0.2) is 0 Å². The molecule has 0 aromatic heterocycles. The van der Waals surface area contributed by atoms with Crippen LogP contribution >= 0.6 is 0 Å². The van der Waals surface area contributed by atoms with Crippen molar-refractivity contribution in [3.8, 4) is 5.75 Å². The van der Waals surface area contributed by atoms with Gasteiger partial charge in [0.05, 0.1) is 6.10 Å². The average Bonchev–Trinajstić information content (AvgIpc) is 2.69. The number of anilines is 1. The summed E-state index contributed by atoms with van der Waals surface area (Å²) in [5.74, 6) is 0.742. The quantitative estimate of drug-likeness (QED) is 0.788. The summed E-state index contributed by atoms with van der Waals surface area (Å²) in [6.45, 7) is 6.93. The zero-order chi connectivity index (χ0) is 19.1. The minimum Gasteiger partial charge on any atom is -0.491 e. The van der Waals surface area contributed by atoms with Crippen LogP contribution in [0.5, 0.6) is 5.75 Å². The molecule has 0 atom stereocenters. The Morgan fingerprint density at radius 3 is 2.30 bits per heavy atom. The molecule has 0 radical (unpaired) electrons. The number of nitrogens with one attached hydrogen (secondary N) is 1. The van der Waals surface area contributed by atoms with E-state index in [2.05, 4.69) is 34.5 Å². The summed E-state index contributed by atoms with van der Waals surface area (Å²) < 4.78 is 5.61. The zero-order valence-corrected chi connectivity index (χ0v) is 16.4. The first-order chi connectivity index (χ1) is 13.1. The van der Waals surface area contributed by atoms with Crippen molar-refractivity contribution in [2.75, 3.05) is 24.5 Å². The van der Waals surface area contributed by atoms with Crippen molar-refractivity contribution in [3.63, 3.8) is 0 Å². The molecule has 2 aromatic carbocycles. The van der Waals surface area contributed by atoms with Crippen LogP contribution in [0.4, 0.5) is 5.69 Å². The molecule has 1 N–H and O–H groups in total. The van der Waals surface area contributed by atoms with Crippen molar-refractivity contribution in [2.24, 2.45) is 0 Å². The molecule has 0 spiro atoms. The van der Waals surface area contributed by atoms with Gasteiger partial charge in [-0.15, -0.1) is 0 Å². The van der Waals surface area contributed by atoms with Gasteiger partial charge in [-0.2, -0.15) is 0 Å². The standard InChI is InChI=1S/C23H30N2O2/c1-18(2)27-22-12-8-20(9-13-22)23(26)24-15-14-19-6-10-21(11-7-19)25-16-4-3-5-17-25/h6-13,18H,3-5,14-17H2,1-2H3,(H,24,26). The fourth-order valence-corrected chi connectivity index (χ4v) is 3.41. The summed E-state index contributed by atoms with van der Waals surface area (Å²) in [5.41, 5.74) is 3.22. The van der Waals surface area contributed by atoms with Gasteiger partial charge in [-0.3, -0.25) is 4.79 Å². The highest BCUT2D eigenvalue weighted by Crippen LogP contribution is 2.20. The fraction of sp³-hybridized carbons (Fsp3) is 0.435. The largest absolute Gasteiger partial charge is 0.491 e. The van der Waals surface area contributed by atoms with Gasteiger partial charge < -0.3 is 15.0 Å². The average molecular weight is 367 g/mol. The second-order valence-corrected chi connectivity index (χ2v) is 7.41. The minimum absolute atomic E-state index is 0.0453. The third-order valence-corrected chi connectivity index (χ3v) is 4.85. The molecule has 0 unspecified atom stereocenters. The molecule has 1 saturated heterocycles. The van der Waals surface area contributed by atoms with Crippen LogP contribution in [0.25, 0.3) is 0 Å². The predicted octanol–water partition coefficient (Wildman–Crippen LogP) is 4.44. The van der Waals surface area contributed by atoms with Gasteiger partial charge in [-0.25, -0.2) is 0 Å². The smallest absolute Gasteiger partial charge is 0.251 e. The van der Waals surface area contributed by atoms with E-state index in [0.717, 1.165) is 25.3 Å². The molecule has 0 bridgehead atoms. The number of hydrogen-bond acceptors (Lipinski definition) is 3. The van der Waals surface area contributed by atoms with Crippen LogP contribution in [0.1, 0.15) is 49.0 Å². The molecule has 4 heteroatoms. The fourth-order valence-electron chi connectivity index (χ4n) is 3.41. The maximum Gasteiger partial charge on any atom is 0.251 e. The molecular formula is C23H30N2O2. The van der Waals surface area contributed by atoms with Gasteiger partial charge in [0.1, 0.15) is 5.75 Å². The number of ether oxygens (including phenoxy) is 1. The maximum absolute atomic E-state index is 12.3. The molecule has 0 saturated carbocycles. The third-order valence-electron chi connectivity index (χ3n) is 4.85. The SMILES string of the molecule is CC(C)Oc1ccc(C(=O)NCCc2ccc(N3CCCCC3)cc2)cc1. The van der Waals surface area contributed by atoms with E-state index in [-0.39, 0.29) is 12.0 Å². The Labute approximate surface area is 162 Å². The van der Waals surface area contributed by atoms with Gasteiger partial charge in [0, 0.05) is 30.9 Å². The lowest BCUT2D eigenvalue weighted by Crippen LogP contribution is -2.29. The van der Waals surface area contributed by atoms with Gasteiger partial charge in [0.2, 0.25) is 0 Å². The number of nitrogens with zero attached hydrogens (tertiary/aromatic N) is 1. The zero-order valence-electron chi connectivity index (χ0n) is 16.4. The molecule has 3 rings (SSSR count). The van der Waals surface area contributed by atoms with Crippen molar-refractivity contribution < 1.29 is 9.53 Å². The number of benzene rings is 2.